The van der Waals surface area contributed by atoms with Crippen LogP contribution < -0.4 is 10.6 Å². The van der Waals surface area contributed by atoms with Gasteiger partial charge in [-0.25, -0.2) is 0 Å². The summed E-state index contributed by atoms with van der Waals surface area (Å²) in [6.07, 6.45) is 5.09. The van der Waals surface area contributed by atoms with Gasteiger partial charge < -0.3 is 10.6 Å². The van der Waals surface area contributed by atoms with E-state index in [0.29, 0.717) is 35.2 Å². The van der Waals surface area contributed by atoms with Gasteiger partial charge in [-0.2, -0.15) is 20.2 Å². The Morgan fingerprint density at radius 1 is 1.16 bits per heavy atom. The first-order valence-electron chi connectivity index (χ1n) is 8.98. The van der Waals surface area contributed by atoms with Crippen molar-refractivity contribution in [3.8, 4) is 17.5 Å². The van der Waals surface area contributed by atoms with Gasteiger partial charge in [0.05, 0.1) is 11.6 Å². The maximum Gasteiger partial charge on any atom is 0.228 e. The van der Waals surface area contributed by atoms with Crippen LogP contribution in [0, 0.1) is 23.2 Å². The summed E-state index contributed by atoms with van der Waals surface area (Å²) in [6, 6.07) is 9.90. The van der Waals surface area contributed by atoms with Crippen LogP contribution >= 0.6 is 0 Å². The van der Waals surface area contributed by atoms with Crippen LogP contribution in [0.1, 0.15) is 38.2 Å². The summed E-state index contributed by atoms with van der Waals surface area (Å²) in [6.45, 7) is 3.08. The van der Waals surface area contributed by atoms with Crippen molar-refractivity contribution in [1.29, 1.82) is 5.26 Å². The third kappa shape index (κ3) is 4.05. The zero-order valence-electron chi connectivity index (χ0n) is 14.4. The molecule has 2 aliphatic rings. The molecule has 25 heavy (non-hydrogen) atoms. The van der Waals surface area contributed by atoms with Gasteiger partial charge >= 0.3 is 0 Å². The predicted molar refractivity (Wildman–Crippen MR) is 97.0 cm³/mol. The maximum absolute atomic E-state index is 9.13. The fraction of sp³-hybridized carbons (Fsp3) is 0.474. The molecule has 1 unspecified atom stereocenters. The Morgan fingerprint density at radius 2 is 1.96 bits per heavy atom. The smallest absolute Gasteiger partial charge is 0.228 e. The molecular weight excluding hydrogens is 312 g/mol. The van der Waals surface area contributed by atoms with Crippen LogP contribution in [-0.2, 0) is 0 Å². The van der Waals surface area contributed by atoms with Crippen molar-refractivity contribution in [2.75, 3.05) is 17.2 Å². The molecule has 1 atom stereocenters. The van der Waals surface area contributed by atoms with E-state index < -0.39 is 0 Å². The lowest BCUT2D eigenvalue weighted by atomic mass is 10.1. The van der Waals surface area contributed by atoms with Crippen molar-refractivity contribution >= 4 is 11.9 Å². The third-order valence-electron chi connectivity index (χ3n) is 4.82. The van der Waals surface area contributed by atoms with Crippen molar-refractivity contribution in [3.63, 3.8) is 0 Å². The molecule has 0 amide bonds. The first kappa shape index (κ1) is 15.8. The molecule has 0 radical (unpaired) electrons. The number of aromatic nitrogens is 3. The van der Waals surface area contributed by atoms with Gasteiger partial charge in [-0.3, -0.25) is 0 Å². The summed E-state index contributed by atoms with van der Waals surface area (Å²) < 4.78 is 0. The van der Waals surface area contributed by atoms with E-state index >= 15 is 0 Å². The van der Waals surface area contributed by atoms with Crippen LogP contribution in [0.2, 0.25) is 0 Å². The van der Waals surface area contributed by atoms with Gasteiger partial charge in [-0.1, -0.05) is 12.1 Å². The van der Waals surface area contributed by atoms with Gasteiger partial charge in [0, 0.05) is 18.2 Å². The Balaban J connectivity index is 1.62. The molecule has 2 saturated carbocycles. The van der Waals surface area contributed by atoms with Crippen LogP contribution in [0.4, 0.5) is 11.9 Å². The Kier molecular flexibility index (Phi) is 4.22. The molecule has 2 aliphatic carbocycles. The van der Waals surface area contributed by atoms with Crippen molar-refractivity contribution in [3.05, 3.63) is 29.8 Å². The molecule has 1 aromatic heterocycles. The Hall–Kier alpha value is -2.68. The van der Waals surface area contributed by atoms with E-state index in [0.717, 1.165) is 18.0 Å². The first-order valence-corrected chi connectivity index (χ1v) is 8.98. The fourth-order valence-corrected chi connectivity index (χ4v) is 2.85. The topological polar surface area (TPSA) is 86.5 Å². The predicted octanol–water partition coefficient (Wildman–Crippen LogP) is 3.44. The highest BCUT2D eigenvalue weighted by atomic mass is 15.2. The van der Waals surface area contributed by atoms with Gasteiger partial charge in [-0.05, 0) is 56.6 Å². The van der Waals surface area contributed by atoms with E-state index in [4.69, 9.17) is 5.26 Å². The number of nitrogens with one attached hydrogen (secondary N) is 2. The van der Waals surface area contributed by atoms with Crippen molar-refractivity contribution in [2.24, 2.45) is 11.8 Å². The molecule has 0 saturated heterocycles. The second-order valence-corrected chi connectivity index (χ2v) is 7.09. The second kappa shape index (κ2) is 6.67. The monoisotopic (exact) mass is 334 g/mol. The van der Waals surface area contributed by atoms with Crippen LogP contribution in [0.3, 0.4) is 0 Å². The summed E-state index contributed by atoms with van der Waals surface area (Å²) in [5.41, 5.74) is 1.43. The summed E-state index contributed by atoms with van der Waals surface area (Å²) in [5.74, 6) is 3.25. The number of nitrogens with zero attached hydrogens (tertiary/aromatic N) is 4. The number of hydrogen-bond acceptors (Lipinski definition) is 6. The van der Waals surface area contributed by atoms with E-state index in [9.17, 15) is 0 Å². The Labute approximate surface area is 147 Å². The molecule has 6 nitrogen and oxygen atoms in total. The van der Waals surface area contributed by atoms with E-state index in [1.807, 2.05) is 18.2 Å². The maximum atomic E-state index is 9.13. The molecule has 0 bridgehead atoms. The van der Waals surface area contributed by atoms with E-state index in [1.165, 1.54) is 25.7 Å². The molecule has 1 aromatic carbocycles. The van der Waals surface area contributed by atoms with E-state index in [1.54, 1.807) is 6.07 Å². The number of nitriles is 1. The highest BCUT2D eigenvalue weighted by molar-refractivity contribution is 5.60. The number of benzene rings is 1. The normalized spacial score (nSPS) is 17.6. The largest absolute Gasteiger partial charge is 0.354 e. The molecule has 6 heteroatoms. The first-order chi connectivity index (χ1) is 12.2. The third-order valence-corrected chi connectivity index (χ3v) is 4.82. The fourth-order valence-electron chi connectivity index (χ4n) is 2.85. The minimum absolute atomic E-state index is 0.358. The lowest BCUT2D eigenvalue weighted by Crippen LogP contribution is -2.20. The molecule has 2 aromatic rings. The SMILES string of the molecule is CC(Nc1nc(NCC2CC2)nc(-c2cccc(C#N)c2)n1)C1CC1. The molecular formula is C19H22N6. The van der Waals surface area contributed by atoms with Crippen LogP contribution in [-0.4, -0.2) is 27.5 Å². The van der Waals surface area contributed by atoms with Gasteiger partial charge in [0.1, 0.15) is 0 Å². The summed E-state index contributed by atoms with van der Waals surface area (Å²) in [7, 11) is 0. The Morgan fingerprint density at radius 3 is 2.68 bits per heavy atom. The molecule has 2 N–H and O–H groups in total. The minimum Gasteiger partial charge on any atom is -0.354 e. The van der Waals surface area contributed by atoms with Gasteiger partial charge in [-0.15, -0.1) is 0 Å². The summed E-state index contributed by atoms with van der Waals surface area (Å²) >= 11 is 0. The lowest BCUT2D eigenvalue weighted by Gasteiger charge is -2.14. The van der Waals surface area contributed by atoms with Crippen molar-refractivity contribution in [2.45, 2.75) is 38.6 Å². The second-order valence-electron chi connectivity index (χ2n) is 7.09. The quantitative estimate of drug-likeness (QED) is 0.806. The average Bonchev–Trinajstić information content (AvgIpc) is 3.53. The molecule has 4 rings (SSSR count). The van der Waals surface area contributed by atoms with Crippen LogP contribution in [0.25, 0.3) is 11.4 Å². The number of hydrogen-bond donors (Lipinski definition) is 2. The van der Waals surface area contributed by atoms with Crippen LogP contribution in [0.5, 0.6) is 0 Å². The van der Waals surface area contributed by atoms with Crippen LogP contribution in [0.15, 0.2) is 24.3 Å². The molecule has 128 valence electrons. The summed E-state index contributed by atoms with van der Waals surface area (Å²) in [4.78, 5) is 13.7. The molecule has 0 aliphatic heterocycles. The summed E-state index contributed by atoms with van der Waals surface area (Å²) in [5, 5.41) is 15.9. The standard InChI is InChI=1S/C19H22N6/c1-12(15-7-8-15)22-19-24-17(16-4-2-3-14(9-16)10-20)23-18(25-19)21-11-13-5-6-13/h2-4,9,12-13,15H,5-8,11H2,1H3,(H2,21,22,23,24,25). The highest BCUT2D eigenvalue weighted by Crippen LogP contribution is 2.34. The number of rotatable bonds is 7. The Bertz CT molecular complexity index is 804. The van der Waals surface area contributed by atoms with Crippen molar-refractivity contribution < 1.29 is 0 Å². The van der Waals surface area contributed by atoms with Crippen molar-refractivity contribution in [1.82, 2.24) is 15.0 Å². The van der Waals surface area contributed by atoms with Gasteiger partial charge in [0.15, 0.2) is 5.82 Å². The molecule has 1 heterocycles. The van der Waals surface area contributed by atoms with Gasteiger partial charge in [0.2, 0.25) is 11.9 Å². The number of anilines is 2. The molecule has 0 spiro atoms. The zero-order chi connectivity index (χ0) is 17.2. The lowest BCUT2D eigenvalue weighted by molar-refractivity contribution is 0.685. The molecule has 2 fully saturated rings. The minimum atomic E-state index is 0.358. The highest BCUT2D eigenvalue weighted by Gasteiger charge is 2.28. The van der Waals surface area contributed by atoms with Gasteiger partial charge in [0.25, 0.3) is 0 Å². The van der Waals surface area contributed by atoms with E-state index in [-0.39, 0.29) is 0 Å². The van der Waals surface area contributed by atoms with E-state index in [2.05, 4.69) is 38.6 Å². The average molecular weight is 334 g/mol. The zero-order valence-corrected chi connectivity index (χ0v) is 14.4.